The Morgan fingerprint density at radius 2 is 1.44 bits per heavy atom. The van der Waals surface area contributed by atoms with Crippen LogP contribution in [-0.2, 0) is 12.3 Å². The van der Waals surface area contributed by atoms with Gasteiger partial charge in [-0.15, -0.1) is 10.2 Å². The first-order valence-corrected chi connectivity index (χ1v) is 19.2. The molecular weight excluding hydrogens is 764 g/mol. The second kappa shape index (κ2) is 15.4. The molecule has 2 aliphatic rings. The first-order chi connectivity index (χ1) is 28.2. The molecule has 0 radical (unpaired) electrons. The Bertz CT molecular complexity index is 2620. The van der Waals surface area contributed by atoms with Gasteiger partial charge in [0.05, 0.1) is 88.7 Å². The molecule has 0 spiro atoms. The van der Waals surface area contributed by atoms with Gasteiger partial charge in [0, 0.05) is 61.4 Å². The number of aliphatic hydroxyl groups excluding tert-OH is 2. The van der Waals surface area contributed by atoms with Crippen LogP contribution in [-0.4, -0.2) is 86.1 Å². The highest BCUT2D eigenvalue weighted by molar-refractivity contribution is 5.93. The van der Waals surface area contributed by atoms with Gasteiger partial charge in [-0.25, -0.2) is 13.2 Å². The van der Waals surface area contributed by atoms with E-state index in [1.807, 2.05) is 47.9 Å². The lowest BCUT2D eigenvalue weighted by atomic mass is 9.95. The topological polar surface area (TPSA) is 181 Å². The molecule has 0 saturated carbocycles. The van der Waals surface area contributed by atoms with Gasteiger partial charge < -0.3 is 35.4 Å². The van der Waals surface area contributed by atoms with E-state index in [0.29, 0.717) is 89.2 Å². The summed E-state index contributed by atoms with van der Waals surface area (Å²) in [4.78, 5) is 13.4. The lowest BCUT2D eigenvalue weighted by Gasteiger charge is -2.37. The highest BCUT2D eigenvalue weighted by Crippen LogP contribution is 2.38. The number of nitrogens with one attached hydrogen (secondary N) is 2. The molecule has 2 fully saturated rings. The number of nitriles is 1. The number of nitrogens with zero attached hydrogens (tertiary/aromatic N) is 9. The van der Waals surface area contributed by atoms with Gasteiger partial charge in [0.15, 0.2) is 11.6 Å². The van der Waals surface area contributed by atoms with Crippen molar-refractivity contribution in [3.63, 3.8) is 0 Å². The second-order valence-corrected chi connectivity index (χ2v) is 15.3. The Hall–Kier alpha value is -6.38. The minimum atomic E-state index is -3.38. The molecular formula is C42H42F3N11O3. The molecule has 2 atom stereocenters. The van der Waals surface area contributed by atoms with Crippen molar-refractivity contribution >= 4 is 44.8 Å². The molecule has 304 valence electrons. The van der Waals surface area contributed by atoms with Crippen molar-refractivity contribution in [2.75, 3.05) is 53.7 Å². The van der Waals surface area contributed by atoms with Crippen LogP contribution in [0, 0.1) is 24.1 Å². The van der Waals surface area contributed by atoms with E-state index < -0.39 is 35.5 Å². The Balaban J connectivity index is 1.12. The highest BCUT2D eigenvalue weighted by atomic mass is 19.3. The van der Waals surface area contributed by atoms with Crippen LogP contribution >= 0.6 is 0 Å². The van der Waals surface area contributed by atoms with E-state index in [1.165, 1.54) is 19.2 Å². The van der Waals surface area contributed by atoms with E-state index in [-0.39, 0.29) is 23.9 Å². The zero-order chi connectivity index (χ0) is 41.7. The molecule has 2 aliphatic heterocycles. The van der Waals surface area contributed by atoms with Gasteiger partial charge in [0.25, 0.3) is 5.92 Å². The largest absolute Gasteiger partial charge is 0.495 e. The summed E-state index contributed by atoms with van der Waals surface area (Å²) < 4.78 is 49.7. The van der Waals surface area contributed by atoms with Gasteiger partial charge >= 0.3 is 0 Å². The number of hydrogen-bond acceptors (Lipinski definition) is 14. The van der Waals surface area contributed by atoms with Crippen LogP contribution in [0.4, 0.5) is 36.2 Å². The van der Waals surface area contributed by atoms with Crippen molar-refractivity contribution in [3.05, 3.63) is 99.9 Å². The molecule has 0 aliphatic carbocycles. The van der Waals surface area contributed by atoms with Crippen LogP contribution in [0.5, 0.6) is 5.75 Å². The maximum atomic E-state index is 15.4. The number of benzene rings is 2. The Labute approximate surface area is 337 Å². The van der Waals surface area contributed by atoms with Gasteiger partial charge in [0.1, 0.15) is 17.6 Å². The molecule has 6 aromatic rings. The third-order valence-electron chi connectivity index (χ3n) is 11.0. The number of aromatic nitrogens is 6. The fourth-order valence-corrected chi connectivity index (χ4v) is 7.67. The van der Waals surface area contributed by atoms with E-state index in [1.54, 1.807) is 19.3 Å². The fraction of sp³-hybridized carbons (Fsp3) is 0.357. The monoisotopic (exact) mass is 805 g/mol. The third kappa shape index (κ3) is 7.45. The molecule has 0 amide bonds. The molecule has 2 aromatic carbocycles. The van der Waals surface area contributed by atoms with Gasteiger partial charge in [-0.2, -0.15) is 15.5 Å². The maximum absolute atomic E-state index is 15.4. The molecule has 8 rings (SSSR count). The Morgan fingerprint density at radius 1 is 0.864 bits per heavy atom. The van der Waals surface area contributed by atoms with Gasteiger partial charge in [-0.05, 0) is 38.5 Å². The SMILES string of the molecule is COc1c([C@@H](C)Nc2nnc(C)c3ncc(N4CC(O)C4)cc23)ccc(Cc2nnc(N[C@H](C)c3cccc(C(C)(F)F)c3F)c3cc(N4CC(O)C4)cnc23)c1C#N. The van der Waals surface area contributed by atoms with Crippen LogP contribution in [0.25, 0.3) is 21.8 Å². The van der Waals surface area contributed by atoms with Gasteiger partial charge in [-0.3, -0.25) is 9.97 Å². The van der Waals surface area contributed by atoms with Crippen LogP contribution in [0.1, 0.15) is 72.1 Å². The minimum absolute atomic E-state index is 0.0315. The highest BCUT2D eigenvalue weighted by Gasteiger charge is 2.31. The lowest BCUT2D eigenvalue weighted by molar-refractivity contribution is 0.0135. The van der Waals surface area contributed by atoms with Crippen LogP contribution in [0.15, 0.2) is 54.9 Å². The number of aliphatic hydroxyl groups is 2. The average molecular weight is 806 g/mol. The number of rotatable bonds is 12. The Morgan fingerprint density at radius 3 is 2.02 bits per heavy atom. The summed E-state index contributed by atoms with van der Waals surface area (Å²) in [5.74, 6) is -3.27. The predicted molar refractivity (Wildman–Crippen MR) is 216 cm³/mol. The third-order valence-corrected chi connectivity index (χ3v) is 11.0. The quantitative estimate of drug-likeness (QED) is 0.111. The molecule has 2 saturated heterocycles. The molecule has 4 N–H and O–H groups in total. The zero-order valence-corrected chi connectivity index (χ0v) is 33.0. The smallest absolute Gasteiger partial charge is 0.273 e. The number of ether oxygens (including phenoxy) is 1. The summed E-state index contributed by atoms with van der Waals surface area (Å²) in [6.45, 7) is 7.94. The van der Waals surface area contributed by atoms with Crippen LogP contribution < -0.4 is 25.2 Å². The number of hydrogen-bond donors (Lipinski definition) is 4. The predicted octanol–water partition coefficient (Wildman–Crippen LogP) is 6.10. The molecule has 4 aromatic heterocycles. The number of methoxy groups -OCH3 is 1. The molecule has 0 bridgehead atoms. The van der Waals surface area contributed by atoms with Crippen molar-refractivity contribution in [2.24, 2.45) is 0 Å². The van der Waals surface area contributed by atoms with Gasteiger partial charge in [-0.1, -0.05) is 30.3 Å². The van der Waals surface area contributed by atoms with Crippen molar-refractivity contribution in [1.29, 1.82) is 5.26 Å². The number of anilines is 4. The van der Waals surface area contributed by atoms with E-state index >= 15 is 4.39 Å². The van der Waals surface area contributed by atoms with E-state index in [4.69, 9.17) is 9.72 Å². The fourth-order valence-electron chi connectivity index (χ4n) is 7.67. The second-order valence-electron chi connectivity index (χ2n) is 15.3. The number of halogens is 3. The average Bonchev–Trinajstić information content (AvgIpc) is 3.19. The normalized spacial score (nSPS) is 15.7. The first kappa shape index (κ1) is 39.4. The van der Waals surface area contributed by atoms with E-state index in [2.05, 4.69) is 42.1 Å². The maximum Gasteiger partial charge on any atom is 0.273 e. The summed E-state index contributed by atoms with van der Waals surface area (Å²) in [7, 11) is 1.50. The number of pyridine rings is 2. The molecule has 59 heavy (non-hydrogen) atoms. The van der Waals surface area contributed by atoms with Crippen molar-refractivity contribution in [2.45, 2.75) is 64.3 Å². The minimum Gasteiger partial charge on any atom is -0.495 e. The summed E-state index contributed by atoms with van der Waals surface area (Å²) >= 11 is 0. The number of fused-ring (bicyclic) bond motifs is 2. The summed E-state index contributed by atoms with van der Waals surface area (Å²) in [6.07, 6.45) is 2.73. The van der Waals surface area contributed by atoms with E-state index in [0.717, 1.165) is 22.8 Å². The van der Waals surface area contributed by atoms with Crippen molar-refractivity contribution in [3.8, 4) is 11.8 Å². The van der Waals surface area contributed by atoms with E-state index in [9.17, 15) is 24.3 Å². The number of β-amino-alcohol motifs (C(OH)–C–C–N with tert-alkyl or cyclic N) is 2. The summed E-state index contributed by atoms with van der Waals surface area (Å²) in [5, 5.41) is 56.1. The van der Waals surface area contributed by atoms with Crippen molar-refractivity contribution < 1.29 is 28.1 Å². The lowest BCUT2D eigenvalue weighted by Crippen LogP contribution is -2.50. The van der Waals surface area contributed by atoms with Crippen LogP contribution in [0.3, 0.4) is 0 Å². The summed E-state index contributed by atoms with van der Waals surface area (Å²) in [5.41, 5.74) is 4.77. The molecule has 17 heteroatoms. The first-order valence-electron chi connectivity index (χ1n) is 19.2. The number of alkyl halides is 2. The molecule has 14 nitrogen and oxygen atoms in total. The van der Waals surface area contributed by atoms with Crippen LogP contribution in [0.2, 0.25) is 0 Å². The molecule has 0 unspecified atom stereocenters. The Kier molecular flexibility index (Phi) is 10.3. The molecule has 6 heterocycles. The zero-order valence-electron chi connectivity index (χ0n) is 33.0. The van der Waals surface area contributed by atoms with Crippen molar-refractivity contribution in [1.82, 2.24) is 30.4 Å². The summed E-state index contributed by atoms with van der Waals surface area (Å²) in [6, 6.07) is 12.6. The number of aryl methyl sites for hydroxylation is 1. The standard InChI is InChI=1S/C42H42F3N11O3/c1-21(29-7-6-8-34(36(29)43)42(4,44)45)49-41-32-13-26(56-19-28(58)20-56)16-48-38(32)35(52-54-41)11-24-9-10-30(39(59-5)33(24)14-46)22(2)50-40-31-12-25(55-17-27(57)18-55)15-47-37(31)23(3)51-53-40/h6-10,12-13,15-16,21-22,27-28,57-58H,11,17-20H2,1-5H3,(H,49,54)(H,50,53)/t21-,22-/m1/s1. The van der Waals surface area contributed by atoms with Gasteiger partial charge in [0.2, 0.25) is 0 Å².